The first-order valence-corrected chi connectivity index (χ1v) is 9.42. The van der Waals surface area contributed by atoms with Crippen LogP contribution in [-0.2, 0) is 0 Å². The number of aryl methyl sites for hydroxylation is 1. The van der Waals surface area contributed by atoms with E-state index in [2.05, 4.69) is 31.1 Å². The average Bonchev–Trinajstić information content (AvgIpc) is 3.32. The van der Waals surface area contributed by atoms with Gasteiger partial charge in [-0.25, -0.2) is 4.68 Å². The van der Waals surface area contributed by atoms with E-state index >= 15 is 0 Å². The van der Waals surface area contributed by atoms with E-state index in [1.54, 1.807) is 6.20 Å². The molecule has 3 heterocycles. The van der Waals surface area contributed by atoms with Crippen LogP contribution in [0.5, 0.6) is 0 Å². The highest BCUT2D eigenvalue weighted by Crippen LogP contribution is 2.32. The van der Waals surface area contributed by atoms with Crippen LogP contribution in [0.2, 0.25) is 0 Å². The van der Waals surface area contributed by atoms with Gasteiger partial charge in [-0.15, -0.1) is 5.10 Å². The zero-order valence-electron chi connectivity index (χ0n) is 15.0. The highest BCUT2D eigenvalue weighted by atomic mass is 16.5. The molecule has 1 saturated carbocycles. The Bertz CT molecular complexity index is 742. The Labute approximate surface area is 151 Å². The lowest BCUT2D eigenvalue weighted by atomic mass is 9.86. The molecule has 2 fully saturated rings. The highest BCUT2D eigenvalue weighted by Gasteiger charge is 2.28. The van der Waals surface area contributed by atoms with Crippen molar-refractivity contribution in [3.63, 3.8) is 0 Å². The van der Waals surface area contributed by atoms with Crippen molar-refractivity contribution in [3.8, 4) is 0 Å². The third-order valence-corrected chi connectivity index (χ3v) is 5.34. The molecule has 0 spiro atoms. The third kappa shape index (κ3) is 3.77. The number of aromatic nitrogens is 5. The van der Waals surface area contributed by atoms with E-state index in [0.717, 1.165) is 57.5 Å². The van der Waals surface area contributed by atoms with E-state index < -0.39 is 0 Å². The van der Waals surface area contributed by atoms with Gasteiger partial charge in [0.05, 0.1) is 12.2 Å². The quantitative estimate of drug-likeness (QED) is 0.847. The first-order valence-electron chi connectivity index (χ1n) is 9.42. The monoisotopic (exact) mass is 359 g/mol. The van der Waals surface area contributed by atoms with Gasteiger partial charge in [-0.1, -0.05) is 10.4 Å². The van der Waals surface area contributed by atoms with Gasteiger partial charge in [0.2, 0.25) is 5.89 Å². The van der Waals surface area contributed by atoms with Gasteiger partial charge < -0.3 is 15.2 Å². The van der Waals surface area contributed by atoms with Crippen molar-refractivity contribution >= 4 is 5.91 Å². The molecule has 0 aromatic carbocycles. The molecule has 2 aromatic heterocycles. The van der Waals surface area contributed by atoms with Gasteiger partial charge in [-0.05, 0) is 52.0 Å². The molecule has 2 aliphatic rings. The lowest BCUT2D eigenvalue weighted by Gasteiger charge is -2.26. The summed E-state index contributed by atoms with van der Waals surface area (Å²) in [5.41, 5.74) is 0.394. The van der Waals surface area contributed by atoms with Crippen LogP contribution in [-0.4, -0.2) is 50.2 Å². The predicted octanol–water partition coefficient (Wildman–Crippen LogP) is 1.35. The van der Waals surface area contributed by atoms with E-state index in [-0.39, 0.29) is 18.0 Å². The topological polar surface area (TPSA) is 111 Å². The molecule has 0 bridgehead atoms. The molecule has 1 atom stereocenters. The second kappa shape index (κ2) is 7.53. The first kappa shape index (κ1) is 17.1. The summed E-state index contributed by atoms with van der Waals surface area (Å²) in [4.78, 5) is 16.8. The van der Waals surface area contributed by atoms with Crippen LogP contribution in [0.25, 0.3) is 0 Å². The minimum atomic E-state index is -0.142. The van der Waals surface area contributed by atoms with E-state index in [1.165, 1.54) is 0 Å². The van der Waals surface area contributed by atoms with E-state index in [1.807, 2.05) is 11.6 Å². The summed E-state index contributed by atoms with van der Waals surface area (Å²) in [6.45, 7) is 3.75. The minimum absolute atomic E-state index is 0.142. The van der Waals surface area contributed by atoms with Crippen LogP contribution < -0.4 is 10.6 Å². The molecular formula is C17H25N7O2. The van der Waals surface area contributed by atoms with E-state index in [9.17, 15) is 4.79 Å². The molecule has 2 aromatic rings. The van der Waals surface area contributed by atoms with Gasteiger partial charge in [0.1, 0.15) is 0 Å². The third-order valence-electron chi connectivity index (χ3n) is 5.34. The summed E-state index contributed by atoms with van der Waals surface area (Å²) >= 11 is 0. The first-order chi connectivity index (χ1) is 12.7. The van der Waals surface area contributed by atoms with Crippen molar-refractivity contribution in [1.82, 2.24) is 35.8 Å². The summed E-state index contributed by atoms with van der Waals surface area (Å²) in [6, 6.07) is 0.440. The Morgan fingerprint density at radius 2 is 2.15 bits per heavy atom. The van der Waals surface area contributed by atoms with Crippen molar-refractivity contribution < 1.29 is 9.32 Å². The molecule has 2 N–H and O–H groups in total. The van der Waals surface area contributed by atoms with E-state index in [0.29, 0.717) is 17.4 Å². The fourth-order valence-electron chi connectivity index (χ4n) is 3.84. The minimum Gasteiger partial charge on any atom is -0.348 e. The Balaban J connectivity index is 1.29. The number of carbonyl (C=O) groups excluding carboxylic acids is 1. The standard InChI is InChI=1S/C17H25N7O2/c1-11-19-17(26-22-11)12-4-6-13(7-5-12)20-16(25)15-10-24(23-21-15)14-3-2-8-18-9-14/h10,12-14,18H,2-9H2,1H3,(H,20,25). The fraction of sp³-hybridized carbons (Fsp3) is 0.706. The number of amides is 1. The van der Waals surface area contributed by atoms with Crippen molar-refractivity contribution in [2.75, 3.05) is 13.1 Å². The summed E-state index contributed by atoms with van der Waals surface area (Å²) < 4.78 is 7.09. The molecule has 1 amide bonds. The van der Waals surface area contributed by atoms with Crippen LogP contribution in [0, 0.1) is 6.92 Å². The Kier molecular flexibility index (Phi) is 4.96. The Hall–Kier alpha value is -2.29. The Morgan fingerprint density at radius 3 is 2.85 bits per heavy atom. The van der Waals surface area contributed by atoms with Crippen LogP contribution in [0.15, 0.2) is 10.7 Å². The molecule has 4 rings (SSSR count). The van der Waals surface area contributed by atoms with Crippen LogP contribution in [0.4, 0.5) is 0 Å². The van der Waals surface area contributed by atoms with Gasteiger partial charge in [0.25, 0.3) is 5.91 Å². The zero-order chi connectivity index (χ0) is 17.9. The zero-order valence-corrected chi connectivity index (χ0v) is 15.0. The molecular weight excluding hydrogens is 334 g/mol. The summed E-state index contributed by atoms with van der Waals surface area (Å²) in [7, 11) is 0. The Morgan fingerprint density at radius 1 is 1.31 bits per heavy atom. The van der Waals surface area contributed by atoms with Crippen molar-refractivity contribution in [3.05, 3.63) is 23.6 Å². The van der Waals surface area contributed by atoms with Crippen LogP contribution in [0.3, 0.4) is 0 Å². The summed E-state index contributed by atoms with van der Waals surface area (Å²) in [6.07, 6.45) is 7.63. The smallest absolute Gasteiger partial charge is 0.273 e. The number of hydrogen-bond acceptors (Lipinski definition) is 7. The van der Waals surface area contributed by atoms with Crippen LogP contribution >= 0.6 is 0 Å². The molecule has 9 heteroatoms. The number of nitrogens with one attached hydrogen (secondary N) is 2. The van der Waals surface area contributed by atoms with Crippen molar-refractivity contribution in [2.24, 2.45) is 0 Å². The van der Waals surface area contributed by atoms with Crippen molar-refractivity contribution in [1.29, 1.82) is 0 Å². The van der Waals surface area contributed by atoms with Crippen LogP contribution in [0.1, 0.15) is 72.7 Å². The van der Waals surface area contributed by atoms with Gasteiger partial charge in [0, 0.05) is 18.5 Å². The molecule has 1 saturated heterocycles. The molecule has 1 unspecified atom stereocenters. The van der Waals surface area contributed by atoms with Gasteiger partial charge in [0.15, 0.2) is 11.5 Å². The molecule has 0 radical (unpaired) electrons. The lowest BCUT2D eigenvalue weighted by molar-refractivity contribution is 0.0919. The second-order valence-electron chi connectivity index (χ2n) is 7.29. The largest absolute Gasteiger partial charge is 0.348 e. The maximum Gasteiger partial charge on any atom is 0.273 e. The molecule has 1 aliphatic heterocycles. The lowest BCUT2D eigenvalue weighted by Crippen LogP contribution is -2.37. The number of piperidine rings is 1. The maximum atomic E-state index is 12.5. The molecule has 26 heavy (non-hydrogen) atoms. The number of nitrogens with zero attached hydrogens (tertiary/aromatic N) is 5. The van der Waals surface area contributed by atoms with E-state index in [4.69, 9.17) is 4.52 Å². The second-order valence-corrected chi connectivity index (χ2v) is 7.29. The maximum absolute atomic E-state index is 12.5. The highest BCUT2D eigenvalue weighted by molar-refractivity contribution is 5.92. The molecule has 140 valence electrons. The SMILES string of the molecule is Cc1noc(C2CCC(NC(=O)c3cn(C4CCCNC4)nn3)CC2)n1. The normalized spacial score (nSPS) is 26.6. The summed E-state index contributed by atoms with van der Waals surface area (Å²) in [5, 5.41) is 18.5. The number of carbonyl (C=O) groups is 1. The van der Waals surface area contributed by atoms with Gasteiger partial charge in [-0.2, -0.15) is 4.98 Å². The van der Waals surface area contributed by atoms with Crippen molar-refractivity contribution in [2.45, 2.75) is 63.5 Å². The van der Waals surface area contributed by atoms with Gasteiger partial charge in [-0.3, -0.25) is 4.79 Å². The molecule has 1 aliphatic carbocycles. The molecule has 9 nitrogen and oxygen atoms in total. The predicted molar refractivity (Wildman–Crippen MR) is 92.7 cm³/mol. The average molecular weight is 359 g/mol. The number of hydrogen-bond donors (Lipinski definition) is 2. The van der Waals surface area contributed by atoms with Gasteiger partial charge >= 0.3 is 0 Å². The fourth-order valence-corrected chi connectivity index (χ4v) is 3.84. The number of rotatable bonds is 4. The summed E-state index contributed by atoms with van der Waals surface area (Å²) in [5.74, 6) is 1.55.